The van der Waals surface area contributed by atoms with Crippen molar-refractivity contribution in [2.75, 3.05) is 5.32 Å². The van der Waals surface area contributed by atoms with Gasteiger partial charge in [0.2, 0.25) is 0 Å². The Labute approximate surface area is 123 Å². The highest BCUT2D eigenvalue weighted by atomic mass is 79.9. The van der Waals surface area contributed by atoms with Gasteiger partial charge in [0.15, 0.2) is 0 Å². The Morgan fingerprint density at radius 2 is 1.72 bits per heavy atom. The number of benzene rings is 2. The Bertz CT molecular complexity index is 555. The lowest BCUT2D eigenvalue weighted by atomic mass is 10.2. The van der Waals surface area contributed by atoms with Gasteiger partial charge in [-0.3, -0.25) is 0 Å². The van der Waals surface area contributed by atoms with Crippen LogP contribution in [0.2, 0.25) is 10.0 Å². The van der Waals surface area contributed by atoms with Crippen LogP contribution in [0, 0.1) is 5.82 Å². The summed E-state index contributed by atoms with van der Waals surface area (Å²) in [4.78, 5) is 0. The van der Waals surface area contributed by atoms with E-state index in [1.54, 1.807) is 24.3 Å². The van der Waals surface area contributed by atoms with E-state index in [2.05, 4.69) is 21.2 Å². The molecule has 18 heavy (non-hydrogen) atoms. The van der Waals surface area contributed by atoms with Crippen LogP contribution in [0.25, 0.3) is 0 Å². The van der Waals surface area contributed by atoms with Crippen molar-refractivity contribution in [2.45, 2.75) is 6.54 Å². The summed E-state index contributed by atoms with van der Waals surface area (Å²) in [6.07, 6.45) is 0. The standard InChI is InChI=1S/C13H9BrCl2FN/c14-13-6-11(17)2-1-8(13)7-18-12-4-9(15)3-10(16)5-12/h1-6,18H,7H2. The second kappa shape index (κ2) is 5.91. The van der Waals surface area contributed by atoms with Crippen molar-refractivity contribution in [3.8, 4) is 0 Å². The molecule has 0 fully saturated rings. The van der Waals surface area contributed by atoms with Crippen LogP contribution in [0.1, 0.15) is 5.56 Å². The molecular weight excluding hydrogens is 340 g/mol. The lowest BCUT2D eigenvalue weighted by Crippen LogP contribution is -2.00. The first kappa shape index (κ1) is 13.7. The topological polar surface area (TPSA) is 12.0 Å². The van der Waals surface area contributed by atoms with Crippen molar-refractivity contribution < 1.29 is 4.39 Å². The number of hydrogen-bond donors (Lipinski definition) is 1. The summed E-state index contributed by atoms with van der Waals surface area (Å²) >= 11 is 15.1. The minimum absolute atomic E-state index is 0.267. The average Bonchev–Trinajstić information content (AvgIpc) is 2.26. The second-order valence-electron chi connectivity index (χ2n) is 3.75. The van der Waals surface area contributed by atoms with Gasteiger partial charge in [-0.05, 0) is 35.9 Å². The van der Waals surface area contributed by atoms with Gasteiger partial charge in [-0.1, -0.05) is 45.2 Å². The molecule has 0 saturated carbocycles. The highest BCUT2D eigenvalue weighted by Crippen LogP contribution is 2.24. The molecule has 0 radical (unpaired) electrons. The summed E-state index contributed by atoms with van der Waals surface area (Å²) in [5, 5.41) is 4.33. The van der Waals surface area contributed by atoms with Crippen molar-refractivity contribution in [2.24, 2.45) is 0 Å². The van der Waals surface area contributed by atoms with Crippen LogP contribution >= 0.6 is 39.1 Å². The Kier molecular flexibility index (Phi) is 4.49. The molecule has 5 heteroatoms. The van der Waals surface area contributed by atoms with E-state index in [0.29, 0.717) is 16.6 Å². The molecule has 1 nitrogen and oxygen atoms in total. The van der Waals surface area contributed by atoms with Gasteiger partial charge in [-0.25, -0.2) is 4.39 Å². The first-order valence-corrected chi connectivity index (χ1v) is 6.73. The fourth-order valence-electron chi connectivity index (χ4n) is 1.52. The third kappa shape index (κ3) is 3.61. The molecule has 0 spiro atoms. The lowest BCUT2D eigenvalue weighted by molar-refractivity contribution is 0.626. The molecular formula is C13H9BrCl2FN. The van der Waals surface area contributed by atoms with E-state index in [1.165, 1.54) is 12.1 Å². The van der Waals surface area contributed by atoms with E-state index in [9.17, 15) is 4.39 Å². The molecule has 0 bridgehead atoms. The number of rotatable bonds is 3. The molecule has 0 heterocycles. The van der Waals surface area contributed by atoms with Gasteiger partial charge < -0.3 is 5.32 Å². The van der Waals surface area contributed by atoms with E-state index in [1.807, 2.05) is 0 Å². The van der Waals surface area contributed by atoms with E-state index in [-0.39, 0.29) is 5.82 Å². The molecule has 0 aliphatic rings. The van der Waals surface area contributed by atoms with Crippen molar-refractivity contribution in [1.82, 2.24) is 0 Å². The smallest absolute Gasteiger partial charge is 0.124 e. The van der Waals surface area contributed by atoms with Crippen molar-refractivity contribution in [3.05, 3.63) is 62.3 Å². The Morgan fingerprint density at radius 3 is 2.33 bits per heavy atom. The van der Waals surface area contributed by atoms with E-state index < -0.39 is 0 Å². The molecule has 2 aromatic rings. The van der Waals surface area contributed by atoms with Crippen LogP contribution < -0.4 is 5.32 Å². The monoisotopic (exact) mass is 347 g/mol. The van der Waals surface area contributed by atoms with Crippen LogP contribution in [0.15, 0.2) is 40.9 Å². The maximum absolute atomic E-state index is 12.9. The zero-order valence-corrected chi connectivity index (χ0v) is 12.3. The Morgan fingerprint density at radius 1 is 1.06 bits per heavy atom. The Balaban J connectivity index is 2.11. The first-order valence-electron chi connectivity index (χ1n) is 5.18. The largest absolute Gasteiger partial charge is 0.381 e. The van der Waals surface area contributed by atoms with Crippen LogP contribution in [0.5, 0.6) is 0 Å². The molecule has 0 saturated heterocycles. The number of halogens is 4. The molecule has 2 rings (SSSR count). The molecule has 0 unspecified atom stereocenters. The summed E-state index contributed by atoms with van der Waals surface area (Å²) in [6.45, 7) is 0.553. The zero-order valence-electron chi connectivity index (χ0n) is 9.18. The number of anilines is 1. The molecule has 0 amide bonds. The van der Waals surface area contributed by atoms with E-state index in [0.717, 1.165) is 15.7 Å². The van der Waals surface area contributed by atoms with E-state index >= 15 is 0 Å². The average molecular weight is 349 g/mol. The van der Waals surface area contributed by atoms with Gasteiger partial charge >= 0.3 is 0 Å². The van der Waals surface area contributed by atoms with Crippen LogP contribution in [0.4, 0.5) is 10.1 Å². The third-order valence-electron chi connectivity index (χ3n) is 2.36. The highest BCUT2D eigenvalue weighted by molar-refractivity contribution is 9.10. The fourth-order valence-corrected chi connectivity index (χ4v) is 2.54. The van der Waals surface area contributed by atoms with Gasteiger partial charge in [0, 0.05) is 26.8 Å². The van der Waals surface area contributed by atoms with Gasteiger partial charge in [0.1, 0.15) is 5.82 Å². The second-order valence-corrected chi connectivity index (χ2v) is 5.47. The molecule has 0 aromatic heterocycles. The van der Waals surface area contributed by atoms with Crippen molar-refractivity contribution in [1.29, 1.82) is 0 Å². The molecule has 1 N–H and O–H groups in total. The van der Waals surface area contributed by atoms with Crippen molar-refractivity contribution in [3.63, 3.8) is 0 Å². The molecule has 2 aromatic carbocycles. The minimum atomic E-state index is -0.267. The molecule has 0 aliphatic carbocycles. The highest BCUT2D eigenvalue weighted by Gasteiger charge is 2.02. The maximum atomic E-state index is 12.9. The van der Waals surface area contributed by atoms with E-state index in [4.69, 9.17) is 23.2 Å². The SMILES string of the molecule is Fc1ccc(CNc2cc(Cl)cc(Cl)c2)c(Br)c1. The minimum Gasteiger partial charge on any atom is -0.381 e. The van der Waals surface area contributed by atoms with Crippen molar-refractivity contribution >= 4 is 44.8 Å². The maximum Gasteiger partial charge on any atom is 0.124 e. The summed E-state index contributed by atoms with van der Waals surface area (Å²) in [7, 11) is 0. The summed E-state index contributed by atoms with van der Waals surface area (Å²) < 4.78 is 13.7. The Hall–Kier alpha value is -0.770. The predicted molar refractivity (Wildman–Crippen MR) is 77.9 cm³/mol. The summed E-state index contributed by atoms with van der Waals surface area (Å²) in [6, 6.07) is 9.81. The van der Waals surface area contributed by atoms with Gasteiger partial charge in [0.05, 0.1) is 0 Å². The fraction of sp³-hybridized carbons (Fsp3) is 0.0769. The third-order valence-corrected chi connectivity index (χ3v) is 3.54. The quantitative estimate of drug-likeness (QED) is 0.771. The van der Waals surface area contributed by atoms with Crippen LogP contribution in [-0.4, -0.2) is 0 Å². The summed E-state index contributed by atoms with van der Waals surface area (Å²) in [5.41, 5.74) is 1.77. The molecule has 94 valence electrons. The van der Waals surface area contributed by atoms with Crippen LogP contribution in [0.3, 0.4) is 0 Å². The molecule has 0 aliphatic heterocycles. The van der Waals surface area contributed by atoms with Gasteiger partial charge in [-0.15, -0.1) is 0 Å². The summed E-state index contributed by atoms with van der Waals surface area (Å²) in [5.74, 6) is -0.267. The van der Waals surface area contributed by atoms with Gasteiger partial charge in [0.25, 0.3) is 0 Å². The van der Waals surface area contributed by atoms with Gasteiger partial charge in [-0.2, -0.15) is 0 Å². The molecule has 0 atom stereocenters. The predicted octanol–water partition coefficient (Wildman–Crippen LogP) is 5.51. The number of hydrogen-bond acceptors (Lipinski definition) is 1. The normalized spacial score (nSPS) is 10.4. The number of nitrogens with one attached hydrogen (secondary N) is 1. The van der Waals surface area contributed by atoms with Crippen LogP contribution in [-0.2, 0) is 6.54 Å². The lowest BCUT2D eigenvalue weighted by Gasteiger charge is -2.09. The first-order chi connectivity index (χ1) is 8.54. The zero-order chi connectivity index (χ0) is 13.1.